The fraction of sp³-hybridized carbons (Fsp3) is 0.300. The minimum absolute atomic E-state index is 0.0721. The molecule has 0 saturated heterocycles. The summed E-state index contributed by atoms with van der Waals surface area (Å²) in [6, 6.07) is 16.1. The molecular weight excluding hydrogens is 314 g/mol. The van der Waals surface area contributed by atoms with Gasteiger partial charge in [-0.25, -0.2) is 4.98 Å². The molecule has 5 nitrogen and oxygen atoms in total. The van der Waals surface area contributed by atoms with E-state index in [1.807, 2.05) is 42.5 Å². The van der Waals surface area contributed by atoms with E-state index in [2.05, 4.69) is 21.4 Å². The van der Waals surface area contributed by atoms with E-state index in [9.17, 15) is 4.79 Å². The van der Waals surface area contributed by atoms with Crippen LogP contribution in [-0.2, 0) is 11.2 Å². The molecule has 2 atom stereocenters. The second kappa shape index (κ2) is 6.59. The minimum Gasteiger partial charge on any atom is -0.496 e. The lowest BCUT2D eigenvalue weighted by molar-refractivity contribution is -0.121. The largest absolute Gasteiger partial charge is 0.496 e. The summed E-state index contributed by atoms with van der Waals surface area (Å²) in [5.74, 6) is 2.18. The number of para-hydroxylation sites is 3. The van der Waals surface area contributed by atoms with Crippen LogP contribution in [0.2, 0.25) is 0 Å². The van der Waals surface area contributed by atoms with Gasteiger partial charge in [-0.05, 0) is 30.2 Å². The minimum atomic E-state index is 0.0721. The van der Waals surface area contributed by atoms with Crippen LogP contribution in [0.5, 0.6) is 5.75 Å². The Morgan fingerprint density at radius 3 is 2.88 bits per heavy atom. The number of aromatic nitrogens is 2. The van der Waals surface area contributed by atoms with E-state index in [1.165, 1.54) is 5.56 Å². The lowest BCUT2D eigenvalue weighted by atomic mass is 10.1. The number of hydrogen-bond acceptors (Lipinski definition) is 3. The number of carbonyl (C=O) groups is 1. The molecule has 1 amide bonds. The van der Waals surface area contributed by atoms with Crippen molar-refractivity contribution in [3.63, 3.8) is 0 Å². The Morgan fingerprint density at radius 1 is 1.24 bits per heavy atom. The number of nitrogens with one attached hydrogen (secondary N) is 2. The zero-order valence-electron chi connectivity index (χ0n) is 14.2. The van der Waals surface area contributed by atoms with Gasteiger partial charge in [-0.1, -0.05) is 30.3 Å². The molecule has 0 aliphatic heterocycles. The van der Waals surface area contributed by atoms with Crippen LogP contribution in [0.15, 0.2) is 48.5 Å². The third-order valence-corrected chi connectivity index (χ3v) is 4.70. The molecule has 3 aromatic rings. The number of rotatable bonds is 6. The Balaban J connectivity index is 1.31. The summed E-state index contributed by atoms with van der Waals surface area (Å²) in [7, 11) is 1.68. The maximum atomic E-state index is 12.2. The lowest BCUT2D eigenvalue weighted by Crippen LogP contribution is -2.26. The highest BCUT2D eigenvalue weighted by Crippen LogP contribution is 2.44. The molecule has 2 unspecified atom stereocenters. The number of aromatic amines is 1. The average molecular weight is 335 g/mol. The van der Waals surface area contributed by atoms with Crippen molar-refractivity contribution >= 4 is 16.9 Å². The zero-order valence-corrected chi connectivity index (χ0v) is 14.2. The molecule has 1 fully saturated rings. The van der Waals surface area contributed by atoms with Crippen molar-refractivity contribution in [1.29, 1.82) is 0 Å². The summed E-state index contributed by atoms with van der Waals surface area (Å²) in [5.41, 5.74) is 3.13. The van der Waals surface area contributed by atoms with Gasteiger partial charge in [0.1, 0.15) is 11.6 Å². The molecule has 2 aromatic carbocycles. The maximum absolute atomic E-state index is 12.2. The van der Waals surface area contributed by atoms with Crippen molar-refractivity contribution < 1.29 is 9.53 Å². The number of benzene rings is 2. The van der Waals surface area contributed by atoms with Crippen LogP contribution < -0.4 is 10.1 Å². The Kier molecular flexibility index (Phi) is 4.14. The van der Waals surface area contributed by atoms with Gasteiger partial charge in [0.2, 0.25) is 5.91 Å². The summed E-state index contributed by atoms with van der Waals surface area (Å²) in [6.07, 6.45) is 2.03. The van der Waals surface area contributed by atoms with E-state index < -0.39 is 0 Å². The number of methoxy groups -OCH3 is 1. The molecule has 1 heterocycles. The number of H-pyrrole nitrogens is 1. The fourth-order valence-corrected chi connectivity index (χ4v) is 3.31. The molecule has 4 rings (SSSR count). The standard InChI is InChI=1S/C20H21N3O2/c1-25-18-9-5-2-6-13(18)14-12-17(14)23-20(24)11-10-19-21-15-7-3-4-8-16(15)22-19/h2-9,14,17H,10-12H2,1H3,(H,21,22)(H,23,24). The van der Waals surface area contributed by atoms with E-state index in [0.29, 0.717) is 18.8 Å². The van der Waals surface area contributed by atoms with Crippen LogP contribution in [-0.4, -0.2) is 29.0 Å². The SMILES string of the molecule is COc1ccccc1C1CC1NC(=O)CCc1nc2ccccc2[nH]1. The zero-order chi connectivity index (χ0) is 17.2. The van der Waals surface area contributed by atoms with E-state index in [4.69, 9.17) is 4.74 Å². The van der Waals surface area contributed by atoms with Gasteiger partial charge >= 0.3 is 0 Å². The number of ether oxygens (including phenoxy) is 1. The number of aryl methyl sites for hydroxylation is 1. The first kappa shape index (κ1) is 15.7. The van der Waals surface area contributed by atoms with Crippen LogP contribution >= 0.6 is 0 Å². The summed E-state index contributed by atoms with van der Waals surface area (Å²) in [5, 5.41) is 3.12. The van der Waals surface area contributed by atoms with Gasteiger partial charge in [0.25, 0.3) is 0 Å². The molecule has 2 N–H and O–H groups in total. The summed E-state index contributed by atoms with van der Waals surface area (Å²) in [6.45, 7) is 0. The normalized spacial score (nSPS) is 18.9. The van der Waals surface area contributed by atoms with Crippen molar-refractivity contribution in [3.05, 3.63) is 59.9 Å². The lowest BCUT2D eigenvalue weighted by Gasteiger charge is -2.08. The molecule has 5 heteroatoms. The molecule has 0 bridgehead atoms. The van der Waals surface area contributed by atoms with Crippen molar-refractivity contribution in [2.75, 3.05) is 7.11 Å². The van der Waals surface area contributed by atoms with Gasteiger partial charge in [-0.3, -0.25) is 4.79 Å². The topological polar surface area (TPSA) is 67.0 Å². The van der Waals surface area contributed by atoms with Gasteiger partial charge in [0.15, 0.2) is 0 Å². The van der Waals surface area contributed by atoms with Gasteiger partial charge in [-0.15, -0.1) is 0 Å². The molecule has 0 radical (unpaired) electrons. The smallest absolute Gasteiger partial charge is 0.220 e. The average Bonchev–Trinajstić information content (AvgIpc) is 3.26. The second-order valence-electron chi connectivity index (χ2n) is 6.46. The van der Waals surface area contributed by atoms with Crippen molar-refractivity contribution in [3.8, 4) is 5.75 Å². The highest BCUT2D eigenvalue weighted by molar-refractivity contribution is 5.78. The van der Waals surface area contributed by atoms with E-state index in [0.717, 1.165) is 29.0 Å². The molecule has 0 spiro atoms. The van der Waals surface area contributed by atoms with E-state index in [-0.39, 0.29) is 11.9 Å². The molecule has 1 aliphatic rings. The molecule has 25 heavy (non-hydrogen) atoms. The number of fused-ring (bicyclic) bond motifs is 1. The van der Waals surface area contributed by atoms with Crippen LogP contribution in [0.3, 0.4) is 0 Å². The predicted molar refractivity (Wildman–Crippen MR) is 96.7 cm³/mol. The highest BCUT2D eigenvalue weighted by Gasteiger charge is 2.40. The number of amides is 1. The molecular formula is C20H21N3O2. The van der Waals surface area contributed by atoms with Gasteiger partial charge in [-0.2, -0.15) is 0 Å². The van der Waals surface area contributed by atoms with Gasteiger partial charge in [0.05, 0.1) is 18.1 Å². The highest BCUT2D eigenvalue weighted by atomic mass is 16.5. The van der Waals surface area contributed by atoms with Gasteiger partial charge < -0.3 is 15.0 Å². The summed E-state index contributed by atoms with van der Waals surface area (Å²) >= 11 is 0. The van der Waals surface area contributed by atoms with Crippen LogP contribution in [0.4, 0.5) is 0 Å². The summed E-state index contributed by atoms with van der Waals surface area (Å²) < 4.78 is 5.41. The monoisotopic (exact) mass is 335 g/mol. The number of nitrogens with zero attached hydrogens (tertiary/aromatic N) is 1. The Morgan fingerprint density at radius 2 is 2.04 bits per heavy atom. The van der Waals surface area contributed by atoms with Crippen LogP contribution in [0.25, 0.3) is 11.0 Å². The van der Waals surface area contributed by atoms with Crippen LogP contribution in [0.1, 0.15) is 30.1 Å². The quantitative estimate of drug-likeness (QED) is 0.727. The number of imidazole rings is 1. The first-order chi connectivity index (χ1) is 12.2. The van der Waals surface area contributed by atoms with E-state index >= 15 is 0 Å². The molecule has 1 aromatic heterocycles. The number of carbonyl (C=O) groups excluding carboxylic acids is 1. The van der Waals surface area contributed by atoms with Crippen molar-refractivity contribution in [2.45, 2.75) is 31.2 Å². The first-order valence-corrected chi connectivity index (χ1v) is 8.60. The fourth-order valence-electron chi connectivity index (χ4n) is 3.31. The third-order valence-electron chi connectivity index (χ3n) is 4.70. The van der Waals surface area contributed by atoms with E-state index in [1.54, 1.807) is 7.11 Å². The molecule has 1 aliphatic carbocycles. The Hall–Kier alpha value is -2.82. The Bertz CT molecular complexity index is 870. The maximum Gasteiger partial charge on any atom is 0.220 e. The van der Waals surface area contributed by atoms with Gasteiger partial charge in [0, 0.05) is 24.8 Å². The van der Waals surface area contributed by atoms with Crippen molar-refractivity contribution in [2.24, 2.45) is 0 Å². The van der Waals surface area contributed by atoms with Crippen LogP contribution in [0, 0.1) is 0 Å². The first-order valence-electron chi connectivity index (χ1n) is 8.60. The Labute approximate surface area is 146 Å². The number of hydrogen-bond donors (Lipinski definition) is 2. The third kappa shape index (κ3) is 3.36. The van der Waals surface area contributed by atoms with Crippen molar-refractivity contribution in [1.82, 2.24) is 15.3 Å². The second-order valence-corrected chi connectivity index (χ2v) is 6.46. The predicted octanol–water partition coefficient (Wildman–Crippen LogP) is 3.18. The molecule has 1 saturated carbocycles. The molecule has 128 valence electrons. The summed E-state index contributed by atoms with van der Waals surface area (Å²) in [4.78, 5) is 20.0.